The van der Waals surface area contributed by atoms with E-state index in [0.29, 0.717) is 18.0 Å². The first-order chi connectivity index (χ1) is 14.4. The summed E-state index contributed by atoms with van der Waals surface area (Å²) in [5.74, 6) is -0.217. The zero-order chi connectivity index (χ0) is 21.0. The molecule has 1 N–H and O–H groups in total. The molecule has 30 heavy (non-hydrogen) atoms. The van der Waals surface area contributed by atoms with Crippen LogP contribution in [0.3, 0.4) is 0 Å². The summed E-state index contributed by atoms with van der Waals surface area (Å²) in [5, 5.41) is 9.99. The van der Waals surface area contributed by atoms with Crippen LogP contribution in [0.1, 0.15) is 30.7 Å². The molecule has 6 nitrogen and oxygen atoms in total. The Morgan fingerprint density at radius 1 is 1.10 bits per heavy atom. The van der Waals surface area contributed by atoms with Crippen LogP contribution in [-0.2, 0) is 14.8 Å². The van der Waals surface area contributed by atoms with Crippen molar-refractivity contribution in [2.75, 3.05) is 17.5 Å². The molecule has 0 bridgehead atoms. The fourth-order valence-electron chi connectivity index (χ4n) is 4.83. The number of benzene rings is 2. The van der Waals surface area contributed by atoms with Gasteiger partial charge in [0.1, 0.15) is 5.82 Å². The van der Waals surface area contributed by atoms with Gasteiger partial charge in [-0.3, -0.25) is 9.10 Å². The van der Waals surface area contributed by atoms with Crippen molar-refractivity contribution in [3.63, 3.8) is 0 Å². The van der Waals surface area contributed by atoms with Gasteiger partial charge < -0.3 is 10.0 Å². The highest BCUT2D eigenvalue weighted by Gasteiger charge is 2.56. The second kappa shape index (κ2) is 7.06. The van der Waals surface area contributed by atoms with Crippen LogP contribution in [0.15, 0.2) is 53.4 Å². The number of carbonyl (C=O) groups is 1. The molecule has 1 aliphatic carbocycles. The van der Waals surface area contributed by atoms with E-state index in [0.717, 1.165) is 30.5 Å². The smallest absolute Gasteiger partial charge is 0.264 e. The molecular weight excluding hydrogens is 407 g/mol. The molecule has 1 saturated heterocycles. The number of likely N-dealkylation sites (tertiary alicyclic amines) is 1. The van der Waals surface area contributed by atoms with Gasteiger partial charge in [-0.2, -0.15) is 0 Å². The number of carbonyl (C=O) groups excluding carboxylic acids is 1. The average Bonchev–Trinajstić information content (AvgIpc) is 3.52. The third-order valence-electron chi connectivity index (χ3n) is 6.50. The molecule has 0 radical (unpaired) electrons. The van der Waals surface area contributed by atoms with E-state index >= 15 is 0 Å². The van der Waals surface area contributed by atoms with Gasteiger partial charge in [-0.25, -0.2) is 12.8 Å². The molecule has 0 spiro atoms. The van der Waals surface area contributed by atoms with Gasteiger partial charge in [-0.15, -0.1) is 0 Å². The van der Waals surface area contributed by atoms with Crippen LogP contribution in [-0.4, -0.2) is 49.6 Å². The number of anilines is 1. The fourth-order valence-corrected chi connectivity index (χ4v) is 6.34. The highest BCUT2D eigenvalue weighted by molar-refractivity contribution is 7.92. The van der Waals surface area contributed by atoms with E-state index in [2.05, 4.69) is 0 Å². The summed E-state index contributed by atoms with van der Waals surface area (Å²) >= 11 is 0. The van der Waals surface area contributed by atoms with Crippen molar-refractivity contribution >= 4 is 21.6 Å². The van der Waals surface area contributed by atoms with E-state index in [1.165, 1.54) is 16.4 Å². The molecular formula is C22H23FN2O4S. The Hall–Kier alpha value is -2.45. The van der Waals surface area contributed by atoms with E-state index in [-0.39, 0.29) is 42.0 Å². The van der Waals surface area contributed by atoms with Crippen molar-refractivity contribution in [2.45, 2.75) is 42.2 Å². The molecule has 3 aliphatic rings. The monoisotopic (exact) mass is 430 g/mol. The number of halogens is 1. The Morgan fingerprint density at radius 2 is 1.80 bits per heavy atom. The number of rotatable bonds is 5. The molecule has 158 valence electrons. The lowest BCUT2D eigenvalue weighted by Gasteiger charge is -2.59. The predicted octanol–water partition coefficient (Wildman–Crippen LogP) is 2.49. The molecule has 2 aromatic rings. The fraction of sp³-hybridized carbons (Fsp3) is 0.409. The molecule has 5 rings (SSSR count). The van der Waals surface area contributed by atoms with Crippen LogP contribution in [0.25, 0.3) is 0 Å². The molecule has 2 fully saturated rings. The summed E-state index contributed by atoms with van der Waals surface area (Å²) in [4.78, 5) is 14.6. The highest BCUT2D eigenvalue weighted by atomic mass is 32.2. The number of sulfonamides is 1. The number of aliphatic hydroxyl groups excluding tert-OH is 1. The first kappa shape index (κ1) is 19.5. The van der Waals surface area contributed by atoms with Gasteiger partial charge in [0.15, 0.2) is 0 Å². The van der Waals surface area contributed by atoms with Crippen LogP contribution >= 0.6 is 0 Å². The minimum Gasteiger partial charge on any atom is -0.394 e. The number of amides is 1. The number of nitrogens with zero attached hydrogens (tertiary/aromatic N) is 2. The Morgan fingerprint density at radius 3 is 2.47 bits per heavy atom. The summed E-state index contributed by atoms with van der Waals surface area (Å²) < 4.78 is 41.5. The summed E-state index contributed by atoms with van der Waals surface area (Å²) in [7, 11) is -3.93. The number of hydrogen-bond donors (Lipinski definition) is 1. The number of aliphatic hydroxyl groups is 1. The van der Waals surface area contributed by atoms with Crippen LogP contribution in [0, 0.1) is 11.7 Å². The lowest BCUT2D eigenvalue weighted by molar-refractivity contribution is -0.150. The largest absolute Gasteiger partial charge is 0.394 e. The summed E-state index contributed by atoms with van der Waals surface area (Å²) in [5.41, 5.74) is 1.37. The molecule has 1 amide bonds. The van der Waals surface area contributed by atoms with Gasteiger partial charge in [0.2, 0.25) is 5.91 Å². The van der Waals surface area contributed by atoms with Crippen LogP contribution in [0.5, 0.6) is 0 Å². The summed E-state index contributed by atoms with van der Waals surface area (Å²) in [6.45, 7) is -0.0368. The van der Waals surface area contributed by atoms with E-state index in [9.17, 15) is 22.7 Å². The minimum absolute atomic E-state index is 0.00559. The maximum Gasteiger partial charge on any atom is 0.264 e. The number of hydrogen-bond acceptors (Lipinski definition) is 4. The van der Waals surface area contributed by atoms with Gasteiger partial charge in [-0.05, 0) is 54.7 Å². The van der Waals surface area contributed by atoms with Crippen LogP contribution < -0.4 is 4.31 Å². The van der Waals surface area contributed by atoms with Crippen LogP contribution in [0.2, 0.25) is 0 Å². The lowest BCUT2D eigenvalue weighted by Crippen LogP contribution is -2.70. The summed E-state index contributed by atoms with van der Waals surface area (Å²) in [6.07, 6.45) is 2.54. The Labute approximate surface area is 175 Å². The summed E-state index contributed by atoms with van der Waals surface area (Å²) in [6, 6.07) is 11.3. The molecule has 2 heterocycles. The minimum atomic E-state index is -3.93. The quantitative estimate of drug-likeness (QED) is 0.791. The molecule has 3 atom stereocenters. The standard InChI is InChI=1S/C22H23FN2O4S/c23-15-7-9-16(10-8-15)30(28,29)24-12-19-22(17-3-1-2-4-18(17)24)20(13-26)25(19)21(27)11-14-5-6-14/h1-4,7-10,14,19-20,22,26H,5-6,11-13H2/t19-,20+,22+/m1/s1. The molecule has 2 aliphatic heterocycles. The second-order valence-corrected chi connectivity index (χ2v) is 10.2. The zero-order valence-electron chi connectivity index (χ0n) is 16.3. The molecule has 0 aromatic heterocycles. The SMILES string of the molecule is O=C(CC1CC1)N1[C@@H]2CN(S(=O)(=O)c3ccc(F)cc3)c3ccccc3[C@@H]2[C@@H]1CO. The third-order valence-corrected chi connectivity index (χ3v) is 8.29. The predicted molar refractivity (Wildman–Crippen MR) is 109 cm³/mol. The number of para-hydroxylation sites is 1. The van der Waals surface area contributed by atoms with E-state index in [4.69, 9.17) is 0 Å². The van der Waals surface area contributed by atoms with Crippen molar-refractivity contribution in [1.29, 1.82) is 0 Å². The van der Waals surface area contributed by atoms with Crippen molar-refractivity contribution in [2.24, 2.45) is 5.92 Å². The van der Waals surface area contributed by atoms with Crippen molar-refractivity contribution in [1.82, 2.24) is 4.90 Å². The second-order valence-electron chi connectivity index (χ2n) is 8.34. The van der Waals surface area contributed by atoms with Gasteiger partial charge in [-0.1, -0.05) is 18.2 Å². The normalized spacial score (nSPS) is 25.3. The first-order valence-electron chi connectivity index (χ1n) is 10.2. The Kier molecular flexibility index (Phi) is 4.59. The van der Waals surface area contributed by atoms with Crippen molar-refractivity contribution in [3.05, 3.63) is 59.9 Å². The number of fused-ring (bicyclic) bond motifs is 3. The van der Waals surface area contributed by atoms with E-state index in [1.807, 2.05) is 12.1 Å². The van der Waals surface area contributed by atoms with Crippen molar-refractivity contribution in [3.8, 4) is 0 Å². The zero-order valence-corrected chi connectivity index (χ0v) is 17.1. The maximum absolute atomic E-state index is 13.4. The molecule has 8 heteroatoms. The topological polar surface area (TPSA) is 77.9 Å². The van der Waals surface area contributed by atoms with Gasteiger partial charge in [0, 0.05) is 12.3 Å². The van der Waals surface area contributed by atoms with Gasteiger partial charge in [0.25, 0.3) is 10.0 Å². The lowest BCUT2D eigenvalue weighted by atomic mass is 9.72. The van der Waals surface area contributed by atoms with E-state index in [1.54, 1.807) is 17.0 Å². The van der Waals surface area contributed by atoms with Crippen LogP contribution in [0.4, 0.5) is 10.1 Å². The molecule has 2 aromatic carbocycles. The van der Waals surface area contributed by atoms with Gasteiger partial charge >= 0.3 is 0 Å². The highest BCUT2D eigenvalue weighted by Crippen LogP contribution is 2.50. The van der Waals surface area contributed by atoms with E-state index < -0.39 is 15.8 Å². The molecule has 1 saturated carbocycles. The maximum atomic E-state index is 13.4. The third kappa shape index (κ3) is 3.01. The molecule has 0 unspecified atom stereocenters. The Bertz CT molecular complexity index is 1080. The Balaban J connectivity index is 1.54. The first-order valence-corrected chi connectivity index (χ1v) is 11.6. The average molecular weight is 431 g/mol. The van der Waals surface area contributed by atoms with Gasteiger partial charge in [0.05, 0.1) is 35.8 Å². The van der Waals surface area contributed by atoms with Crippen molar-refractivity contribution < 1.29 is 22.7 Å².